The van der Waals surface area contributed by atoms with Gasteiger partial charge in [0.1, 0.15) is 0 Å². The van der Waals surface area contributed by atoms with Gasteiger partial charge in [0.15, 0.2) is 0 Å². The minimum atomic E-state index is -0.149. The first-order valence-electron chi connectivity index (χ1n) is 4.56. The van der Waals surface area contributed by atoms with Gasteiger partial charge in [-0.1, -0.05) is 30.3 Å². The summed E-state index contributed by atoms with van der Waals surface area (Å²) in [7, 11) is 0. The van der Waals surface area contributed by atoms with Crippen molar-refractivity contribution in [3.05, 3.63) is 47.7 Å². The largest absolute Gasteiger partial charge is 0.327 e. The maximum absolute atomic E-state index is 11.1. The maximum atomic E-state index is 11.1. The number of urea groups is 1. The Morgan fingerprint density at radius 1 is 1.21 bits per heavy atom. The Labute approximate surface area is 82.8 Å². The summed E-state index contributed by atoms with van der Waals surface area (Å²) in [6.45, 7) is 1.99. The van der Waals surface area contributed by atoms with Gasteiger partial charge in [-0.25, -0.2) is 4.79 Å². The minimum absolute atomic E-state index is 0.00458. The fourth-order valence-electron chi connectivity index (χ4n) is 1.54. The molecular weight excluding hydrogens is 176 g/mol. The monoisotopic (exact) mass is 188 g/mol. The Hall–Kier alpha value is -1.77. The SMILES string of the molecule is CC1=CNC(=O)NC1c1ccccc1. The number of carbonyl (C=O) groups is 1. The summed E-state index contributed by atoms with van der Waals surface area (Å²) in [5.74, 6) is 0. The van der Waals surface area contributed by atoms with Crippen LogP contribution in [0.4, 0.5) is 4.79 Å². The highest BCUT2D eigenvalue weighted by atomic mass is 16.2. The molecule has 0 fully saturated rings. The summed E-state index contributed by atoms with van der Waals surface area (Å²) >= 11 is 0. The number of hydrogen-bond donors (Lipinski definition) is 2. The molecule has 1 heterocycles. The van der Waals surface area contributed by atoms with E-state index >= 15 is 0 Å². The molecule has 0 saturated carbocycles. The van der Waals surface area contributed by atoms with Crippen LogP contribution in [0.25, 0.3) is 0 Å². The Balaban J connectivity index is 2.30. The Kier molecular flexibility index (Phi) is 2.23. The van der Waals surface area contributed by atoms with E-state index in [1.165, 1.54) is 0 Å². The van der Waals surface area contributed by atoms with E-state index in [0.29, 0.717) is 0 Å². The van der Waals surface area contributed by atoms with Gasteiger partial charge in [0, 0.05) is 6.20 Å². The lowest BCUT2D eigenvalue weighted by Gasteiger charge is -2.24. The van der Waals surface area contributed by atoms with Gasteiger partial charge < -0.3 is 10.6 Å². The molecule has 3 nitrogen and oxygen atoms in total. The predicted molar refractivity (Wildman–Crippen MR) is 54.6 cm³/mol. The Morgan fingerprint density at radius 3 is 2.64 bits per heavy atom. The zero-order chi connectivity index (χ0) is 9.97. The molecule has 1 aromatic rings. The molecule has 1 aliphatic rings. The Bertz CT molecular complexity index is 370. The molecule has 2 rings (SSSR count). The second-order valence-electron chi connectivity index (χ2n) is 3.35. The van der Waals surface area contributed by atoms with Gasteiger partial charge in [0.05, 0.1) is 6.04 Å². The molecule has 1 aromatic carbocycles. The summed E-state index contributed by atoms with van der Waals surface area (Å²) in [5, 5.41) is 5.48. The molecule has 2 amide bonds. The molecule has 14 heavy (non-hydrogen) atoms. The van der Waals surface area contributed by atoms with Gasteiger partial charge in [-0.15, -0.1) is 0 Å². The van der Waals surface area contributed by atoms with E-state index < -0.39 is 0 Å². The lowest BCUT2D eigenvalue weighted by molar-refractivity contribution is 0.240. The summed E-state index contributed by atoms with van der Waals surface area (Å²) in [6, 6.07) is 9.77. The minimum Gasteiger partial charge on any atom is -0.327 e. The van der Waals surface area contributed by atoms with Crippen molar-refractivity contribution in [2.75, 3.05) is 0 Å². The number of benzene rings is 1. The van der Waals surface area contributed by atoms with E-state index in [2.05, 4.69) is 10.6 Å². The zero-order valence-corrected chi connectivity index (χ0v) is 7.95. The number of carbonyl (C=O) groups excluding carboxylic acids is 1. The first-order chi connectivity index (χ1) is 6.77. The highest BCUT2D eigenvalue weighted by molar-refractivity contribution is 5.77. The molecule has 72 valence electrons. The molecular formula is C11H12N2O. The van der Waals surface area contributed by atoms with Crippen LogP contribution in [-0.2, 0) is 0 Å². The van der Waals surface area contributed by atoms with Crippen molar-refractivity contribution in [3.8, 4) is 0 Å². The lowest BCUT2D eigenvalue weighted by Crippen LogP contribution is -2.40. The fraction of sp³-hybridized carbons (Fsp3) is 0.182. The van der Waals surface area contributed by atoms with Crippen molar-refractivity contribution in [1.29, 1.82) is 0 Å². The number of nitrogens with one attached hydrogen (secondary N) is 2. The average molecular weight is 188 g/mol. The molecule has 0 spiro atoms. The Morgan fingerprint density at radius 2 is 1.93 bits per heavy atom. The standard InChI is InChI=1S/C11H12N2O/c1-8-7-12-11(14)13-10(8)9-5-3-2-4-6-9/h2-7,10H,1H3,(H2,12,13,14). The van der Waals surface area contributed by atoms with Gasteiger partial charge in [-0.05, 0) is 18.1 Å². The number of hydrogen-bond acceptors (Lipinski definition) is 1. The molecule has 0 radical (unpaired) electrons. The van der Waals surface area contributed by atoms with Crippen LogP contribution >= 0.6 is 0 Å². The van der Waals surface area contributed by atoms with Gasteiger partial charge in [0.25, 0.3) is 0 Å². The summed E-state index contributed by atoms with van der Waals surface area (Å²) in [6.07, 6.45) is 1.75. The van der Waals surface area contributed by atoms with Crippen LogP contribution in [0.5, 0.6) is 0 Å². The van der Waals surface area contributed by atoms with E-state index in [1.807, 2.05) is 37.3 Å². The van der Waals surface area contributed by atoms with Crippen LogP contribution < -0.4 is 10.6 Å². The van der Waals surface area contributed by atoms with Crippen LogP contribution in [0.2, 0.25) is 0 Å². The third kappa shape index (κ3) is 1.62. The smallest absolute Gasteiger partial charge is 0.319 e. The van der Waals surface area contributed by atoms with Crippen LogP contribution in [0.3, 0.4) is 0 Å². The molecule has 1 aliphatic heterocycles. The molecule has 0 saturated heterocycles. The van der Waals surface area contributed by atoms with Crippen molar-refractivity contribution in [2.24, 2.45) is 0 Å². The molecule has 1 atom stereocenters. The molecule has 2 N–H and O–H groups in total. The third-order valence-electron chi connectivity index (χ3n) is 2.29. The van der Waals surface area contributed by atoms with Crippen molar-refractivity contribution in [2.45, 2.75) is 13.0 Å². The van der Waals surface area contributed by atoms with Gasteiger partial charge >= 0.3 is 6.03 Å². The summed E-state index contributed by atoms with van der Waals surface area (Å²) < 4.78 is 0. The second kappa shape index (κ2) is 3.54. The van der Waals surface area contributed by atoms with Crippen molar-refractivity contribution in [1.82, 2.24) is 10.6 Å². The molecule has 0 aliphatic carbocycles. The quantitative estimate of drug-likeness (QED) is 0.694. The van der Waals surface area contributed by atoms with Gasteiger partial charge in [-0.3, -0.25) is 0 Å². The van der Waals surface area contributed by atoms with E-state index in [1.54, 1.807) is 6.20 Å². The van der Waals surface area contributed by atoms with Crippen LogP contribution in [0.15, 0.2) is 42.1 Å². The van der Waals surface area contributed by atoms with Crippen LogP contribution in [-0.4, -0.2) is 6.03 Å². The number of amides is 2. The maximum Gasteiger partial charge on any atom is 0.319 e. The van der Waals surface area contributed by atoms with E-state index in [9.17, 15) is 4.79 Å². The molecule has 3 heteroatoms. The van der Waals surface area contributed by atoms with Gasteiger partial charge in [0.2, 0.25) is 0 Å². The van der Waals surface area contributed by atoms with Gasteiger partial charge in [-0.2, -0.15) is 0 Å². The highest BCUT2D eigenvalue weighted by Gasteiger charge is 2.19. The summed E-state index contributed by atoms with van der Waals surface area (Å²) in [4.78, 5) is 11.1. The fourth-order valence-corrected chi connectivity index (χ4v) is 1.54. The zero-order valence-electron chi connectivity index (χ0n) is 7.95. The van der Waals surface area contributed by atoms with Crippen LogP contribution in [0, 0.1) is 0 Å². The second-order valence-corrected chi connectivity index (χ2v) is 3.35. The first kappa shape index (κ1) is 8.81. The predicted octanol–water partition coefficient (Wildman–Crippen LogP) is 1.94. The normalized spacial score (nSPS) is 20.8. The van der Waals surface area contributed by atoms with Crippen LogP contribution in [0.1, 0.15) is 18.5 Å². The van der Waals surface area contributed by atoms with E-state index in [4.69, 9.17) is 0 Å². The highest BCUT2D eigenvalue weighted by Crippen LogP contribution is 2.21. The topological polar surface area (TPSA) is 41.1 Å². The summed E-state index contributed by atoms with van der Waals surface area (Å²) in [5.41, 5.74) is 2.21. The van der Waals surface area contributed by atoms with Crippen molar-refractivity contribution in [3.63, 3.8) is 0 Å². The first-order valence-corrected chi connectivity index (χ1v) is 4.56. The van der Waals surface area contributed by atoms with Crippen molar-refractivity contribution < 1.29 is 4.79 Å². The lowest BCUT2D eigenvalue weighted by atomic mass is 10.00. The van der Waals surface area contributed by atoms with Crippen molar-refractivity contribution >= 4 is 6.03 Å². The molecule has 1 unspecified atom stereocenters. The molecule has 0 aromatic heterocycles. The number of rotatable bonds is 1. The van der Waals surface area contributed by atoms with E-state index in [-0.39, 0.29) is 12.1 Å². The van der Waals surface area contributed by atoms with E-state index in [0.717, 1.165) is 11.1 Å². The molecule has 0 bridgehead atoms. The average Bonchev–Trinajstić information content (AvgIpc) is 2.23. The third-order valence-corrected chi connectivity index (χ3v) is 2.29.